The van der Waals surface area contributed by atoms with E-state index >= 15 is 0 Å². The van der Waals surface area contributed by atoms with Crippen LogP contribution in [0.5, 0.6) is 0 Å². The summed E-state index contributed by atoms with van der Waals surface area (Å²) >= 11 is 0. The van der Waals surface area contributed by atoms with Crippen LogP contribution in [0.4, 0.5) is 0 Å². The highest BCUT2D eigenvalue weighted by atomic mass is 16.3. The lowest BCUT2D eigenvalue weighted by atomic mass is 10.1. The van der Waals surface area contributed by atoms with Crippen molar-refractivity contribution in [1.29, 1.82) is 0 Å². The Labute approximate surface area is 134 Å². The highest BCUT2D eigenvalue weighted by Crippen LogP contribution is 2.27. The molecule has 2 amide bonds. The van der Waals surface area contributed by atoms with Crippen molar-refractivity contribution >= 4 is 28.9 Å². The molecule has 5 heteroatoms. The maximum atomic E-state index is 11.9. The van der Waals surface area contributed by atoms with Crippen LogP contribution in [0, 0.1) is 0 Å². The lowest BCUT2D eigenvalue weighted by Crippen LogP contribution is -2.37. The Morgan fingerprint density at radius 3 is 2.83 bits per heavy atom. The molecule has 0 radical (unpaired) electrons. The number of carbonyl (C=O) groups excluding carboxylic acids is 2. The minimum Gasteiger partial charge on any atom is -0.460 e. The molecule has 0 spiro atoms. The second kappa shape index (κ2) is 6.69. The first kappa shape index (κ1) is 15.3. The van der Waals surface area contributed by atoms with Gasteiger partial charge in [-0.3, -0.25) is 9.59 Å². The summed E-state index contributed by atoms with van der Waals surface area (Å²) in [6.45, 7) is 2.02. The van der Waals surface area contributed by atoms with Crippen molar-refractivity contribution in [1.82, 2.24) is 10.6 Å². The summed E-state index contributed by atoms with van der Waals surface area (Å²) in [5.41, 5.74) is 1.73. The van der Waals surface area contributed by atoms with Crippen LogP contribution >= 0.6 is 0 Å². The van der Waals surface area contributed by atoms with Gasteiger partial charge in [-0.15, -0.1) is 0 Å². The lowest BCUT2D eigenvalue weighted by Gasteiger charge is -2.03. The van der Waals surface area contributed by atoms with Crippen molar-refractivity contribution in [2.75, 3.05) is 6.54 Å². The van der Waals surface area contributed by atoms with Crippen LogP contribution in [0.1, 0.15) is 31.1 Å². The molecule has 3 rings (SSSR count). The first-order chi connectivity index (χ1) is 11.2. The molecular weight excluding hydrogens is 292 g/mol. The number of para-hydroxylation sites is 1. The molecule has 1 aromatic heterocycles. The number of hydrogen-bond donors (Lipinski definition) is 2. The fourth-order valence-electron chi connectivity index (χ4n) is 2.45. The van der Waals surface area contributed by atoms with E-state index in [9.17, 15) is 9.59 Å². The summed E-state index contributed by atoms with van der Waals surface area (Å²) in [7, 11) is 0. The Morgan fingerprint density at radius 2 is 2.09 bits per heavy atom. The lowest BCUT2D eigenvalue weighted by molar-refractivity contribution is -0.124. The van der Waals surface area contributed by atoms with Gasteiger partial charge in [0.05, 0.1) is 6.54 Å². The van der Waals surface area contributed by atoms with Gasteiger partial charge in [0.2, 0.25) is 11.8 Å². The van der Waals surface area contributed by atoms with Crippen LogP contribution in [0.3, 0.4) is 0 Å². The SMILES string of the molecule is CCc1oc2ccccc2c1/C=C/C(=O)NCC(=O)NC1CC1. The third-order valence-corrected chi connectivity index (χ3v) is 3.80. The Balaban J connectivity index is 1.64. The quantitative estimate of drug-likeness (QED) is 0.805. The molecule has 0 bridgehead atoms. The van der Waals surface area contributed by atoms with Crippen LogP contribution in [0.25, 0.3) is 17.0 Å². The Kier molecular flexibility index (Phi) is 4.46. The van der Waals surface area contributed by atoms with Gasteiger partial charge in [-0.25, -0.2) is 0 Å². The standard InChI is InChI=1S/C18H20N2O3/c1-2-15-14(13-5-3-4-6-16(13)23-15)9-10-17(21)19-11-18(22)20-12-7-8-12/h3-6,9-10,12H,2,7-8,11H2,1H3,(H,19,21)(H,20,22)/b10-9+. The summed E-state index contributed by atoms with van der Waals surface area (Å²) in [6.07, 6.45) is 6.01. The van der Waals surface area contributed by atoms with Crippen molar-refractivity contribution in [2.45, 2.75) is 32.2 Å². The smallest absolute Gasteiger partial charge is 0.244 e. The molecule has 23 heavy (non-hydrogen) atoms. The second-order valence-corrected chi connectivity index (χ2v) is 5.68. The second-order valence-electron chi connectivity index (χ2n) is 5.68. The number of fused-ring (bicyclic) bond motifs is 1. The highest BCUT2D eigenvalue weighted by molar-refractivity contribution is 5.97. The largest absolute Gasteiger partial charge is 0.460 e. The molecule has 1 fully saturated rings. The van der Waals surface area contributed by atoms with Gasteiger partial charge in [0.1, 0.15) is 11.3 Å². The van der Waals surface area contributed by atoms with Crippen molar-refractivity contribution in [3.63, 3.8) is 0 Å². The van der Waals surface area contributed by atoms with E-state index in [0.29, 0.717) is 6.04 Å². The van der Waals surface area contributed by atoms with E-state index < -0.39 is 0 Å². The predicted molar refractivity (Wildman–Crippen MR) is 88.8 cm³/mol. The molecule has 1 aliphatic rings. The van der Waals surface area contributed by atoms with Crippen molar-refractivity contribution in [3.05, 3.63) is 41.7 Å². The number of carbonyl (C=O) groups is 2. The number of amides is 2. The van der Waals surface area contributed by atoms with Gasteiger partial charge in [-0.2, -0.15) is 0 Å². The van der Waals surface area contributed by atoms with E-state index in [2.05, 4.69) is 10.6 Å². The molecule has 0 unspecified atom stereocenters. The van der Waals surface area contributed by atoms with Crippen molar-refractivity contribution in [3.8, 4) is 0 Å². The monoisotopic (exact) mass is 312 g/mol. The molecule has 1 heterocycles. The summed E-state index contributed by atoms with van der Waals surface area (Å²) in [5, 5.41) is 6.41. The maximum absolute atomic E-state index is 11.9. The molecule has 0 saturated heterocycles. The minimum absolute atomic E-state index is 0.00639. The van der Waals surface area contributed by atoms with Crippen LogP contribution in [0.15, 0.2) is 34.8 Å². The fraction of sp³-hybridized carbons (Fsp3) is 0.333. The maximum Gasteiger partial charge on any atom is 0.244 e. The summed E-state index contributed by atoms with van der Waals surface area (Å²) in [4.78, 5) is 23.4. The number of rotatable bonds is 6. The van der Waals surface area contributed by atoms with Crippen LogP contribution in [-0.4, -0.2) is 24.4 Å². The molecule has 1 aliphatic carbocycles. The molecule has 1 saturated carbocycles. The van der Waals surface area contributed by atoms with Crippen LogP contribution in [-0.2, 0) is 16.0 Å². The molecule has 2 aromatic rings. The molecular formula is C18H20N2O3. The summed E-state index contributed by atoms with van der Waals surface area (Å²) < 4.78 is 5.78. The van der Waals surface area contributed by atoms with E-state index in [-0.39, 0.29) is 18.4 Å². The zero-order chi connectivity index (χ0) is 16.2. The molecule has 0 aliphatic heterocycles. The first-order valence-corrected chi connectivity index (χ1v) is 7.93. The highest BCUT2D eigenvalue weighted by Gasteiger charge is 2.22. The number of hydrogen-bond acceptors (Lipinski definition) is 3. The normalized spacial score (nSPS) is 14.3. The number of benzene rings is 1. The number of furan rings is 1. The first-order valence-electron chi connectivity index (χ1n) is 7.93. The van der Waals surface area contributed by atoms with E-state index in [1.54, 1.807) is 6.08 Å². The van der Waals surface area contributed by atoms with Crippen molar-refractivity contribution in [2.24, 2.45) is 0 Å². The molecule has 1 aromatic carbocycles. The van der Waals surface area contributed by atoms with E-state index in [1.807, 2.05) is 31.2 Å². The van der Waals surface area contributed by atoms with Crippen LogP contribution < -0.4 is 10.6 Å². The van der Waals surface area contributed by atoms with Gasteiger partial charge < -0.3 is 15.1 Å². The Hall–Kier alpha value is -2.56. The van der Waals surface area contributed by atoms with E-state index in [4.69, 9.17) is 4.42 Å². The molecule has 5 nitrogen and oxygen atoms in total. The zero-order valence-corrected chi connectivity index (χ0v) is 13.1. The number of aryl methyl sites for hydroxylation is 1. The molecule has 2 N–H and O–H groups in total. The zero-order valence-electron chi connectivity index (χ0n) is 13.1. The summed E-state index contributed by atoms with van der Waals surface area (Å²) in [6, 6.07) is 8.05. The molecule has 120 valence electrons. The van der Waals surface area contributed by atoms with Gasteiger partial charge in [0.15, 0.2) is 0 Å². The predicted octanol–water partition coefficient (Wildman–Crippen LogP) is 2.40. The van der Waals surface area contributed by atoms with E-state index in [1.165, 1.54) is 6.08 Å². The van der Waals surface area contributed by atoms with E-state index in [0.717, 1.165) is 41.6 Å². The fourth-order valence-corrected chi connectivity index (χ4v) is 2.45. The average molecular weight is 312 g/mol. The Bertz CT molecular complexity index is 757. The Morgan fingerprint density at radius 1 is 1.30 bits per heavy atom. The van der Waals surface area contributed by atoms with Gasteiger partial charge in [-0.05, 0) is 25.0 Å². The topological polar surface area (TPSA) is 71.3 Å². The van der Waals surface area contributed by atoms with Gasteiger partial charge in [-0.1, -0.05) is 25.1 Å². The minimum atomic E-state index is -0.289. The molecule has 0 atom stereocenters. The van der Waals surface area contributed by atoms with Gasteiger partial charge in [0.25, 0.3) is 0 Å². The third-order valence-electron chi connectivity index (χ3n) is 3.80. The number of nitrogens with one attached hydrogen (secondary N) is 2. The third kappa shape index (κ3) is 3.80. The van der Waals surface area contributed by atoms with Crippen LogP contribution in [0.2, 0.25) is 0 Å². The van der Waals surface area contributed by atoms with Gasteiger partial charge in [0, 0.05) is 29.5 Å². The summed E-state index contributed by atoms with van der Waals surface area (Å²) in [5.74, 6) is 0.419. The van der Waals surface area contributed by atoms with Crippen molar-refractivity contribution < 1.29 is 14.0 Å². The van der Waals surface area contributed by atoms with Gasteiger partial charge >= 0.3 is 0 Å². The average Bonchev–Trinajstić information content (AvgIpc) is 3.29.